The maximum Gasteiger partial charge on any atom is 0.251 e. The second kappa shape index (κ2) is 11.0. The van der Waals surface area contributed by atoms with E-state index in [0.29, 0.717) is 49.4 Å². The largest absolute Gasteiger partial charge is 0.493 e. The van der Waals surface area contributed by atoms with Crippen molar-refractivity contribution in [2.45, 2.75) is 25.3 Å². The molecule has 3 aromatic carbocycles. The van der Waals surface area contributed by atoms with Gasteiger partial charge in [0.15, 0.2) is 11.5 Å². The number of halogens is 1. The molecule has 4 rings (SSSR count). The molecule has 1 unspecified atom stereocenters. The topological polar surface area (TPSA) is 67.9 Å². The van der Waals surface area contributed by atoms with Crippen LogP contribution in [0.15, 0.2) is 66.7 Å². The molecule has 0 fully saturated rings. The number of nitrogens with one attached hydrogen (secondary N) is 1. The Hall–Kier alpha value is -3.87. The van der Waals surface area contributed by atoms with Crippen LogP contribution in [0.1, 0.15) is 45.9 Å². The van der Waals surface area contributed by atoms with Crippen molar-refractivity contribution in [3.8, 4) is 11.5 Å². The van der Waals surface area contributed by atoms with Crippen LogP contribution in [0.25, 0.3) is 0 Å². The summed E-state index contributed by atoms with van der Waals surface area (Å²) in [6.07, 6.45) is 1.52. The van der Waals surface area contributed by atoms with Gasteiger partial charge in [-0.2, -0.15) is 0 Å². The van der Waals surface area contributed by atoms with E-state index in [0.717, 1.165) is 16.7 Å². The lowest BCUT2D eigenvalue weighted by Gasteiger charge is -2.38. The Labute approximate surface area is 204 Å². The molecule has 1 N–H and O–H groups in total. The molecule has 0 aromatic heterocycles. The smallest absolute Gasteiger partial charge is 0.251 e. The van der Waals surface area contributed by atoms with Gasteiger partial charge in [-0.05, 0) is 65.9 Å². The van der Waals surface area contributed by atoms with Crippen LogP contribution in [-0.4, -0.2) is 44.0 Å². The minimum atomic E-state index is -0.390. The second-order valence-corrected chi connectivity index (χ2v) is 8.42. The van der Waals surface area contributed by atoms with Gasteiger partial charge >= 0.3 is 0 Å². The first-order chi connectivity index (χ1) is 17.0. The van der Waals surface area contributed by atoms with Crippen molar-refractivity contribution in [3.63, 3.8) is 0 Å². The Morgan fingerprint density at radius 1 is 1.00 bits per heavy atom. The average molecular weight is 477 g/mol. The molecule has 182 valence electrons. The average Bonchev–Trinajstić information content (AvgIpc) is 2.90. The Balaban J connectivity index is 1.47. The van der Waals surface area contributed by atoms with Gasteiger partial charge in [-0.15, -0.1) is 0 Å². The fourth-order valence-electron chi connectivity index (χ4n) is 4.50. The minimum absolute atomic E-state index is 0.0234. The molecule has 1 aliphatic rings. The maximum absolute atomic E-state index is 13.3. The van der Waals surface area contributed by atoms with E-state index in [1.54, 1.807) is 14.2 Å². The number of hydrogen-bond donors (Lipinski definition) is 1. The van der Waals surface area contributed by atoms with E-state index in [1.807, 2.05) is 47.4 Å². The van der Waals surface area contributed by atoms with Crippen LogP contribution in [0.4, 0.5) is 4.39 Å². The predicted octanol–water partition coefficient (Wildman–Crippen LogP) is 4.53. The highest BCUT2D eigenvalue weighted by atomic mass is 19.1. The summed E-state index contributed by atoms with van der Waals surface area (Å²) in [5.41, 5.74) is 3.57. The first kappa shape index (κ1) is 24.3. The van der Waals surface area contributed by atoms with Crippen molar-refractivity contribution in [1.29, 1.82) is 0 Å². The summed E-state index contributed by atoms with van der Waals surface area (Å²) >= 11 is 0. The van der Waals surface area contributed by atoms with E-state index >= 15 is 0 Å². The molecule has 0 saturated heterocycles. The standard InChI is InChI=1S/C28H29FN2O4/c1-34-24-17-21-14-16-31(27(19-7-4-3-5-8-19)23(21)18-25(24)35-2)26(32)9-6-15-30-28(33)20-10-12-22(29)13-11-20/h3-5,7-8,10-13,17-18,27H,6,9,14-16H2,1-2H3,(H,30,33). The first-order valence-electron chi connectivity index (χ1n) is 11.6. The lowest BCUT2D eigenvalue weighted by atomic mass is 9.87. The third-order valence-corrected chi connectivity index (χ3v) is 6.27. The fraction of sp³-hybridized carbons (Fsp3) is 0.286. The molecule has 2 amide bonds. The Morgan fingerprint density at radius 3 is 2.37 bits per heavy atom. The molecule has 6 nitrogen and oxygen atoms in total. The summed E-state index contributed by atoms with van der Waals surface area (Å²) in [5.74, 6) is 0.655. The Bertz CT molecular complexity index is 1180. The lowest BCUT2D eigenvalue weighted by molar-refractivity contribution is -0.133. The zero-order valence-electron chi connectivity index (χ0n) is 19.9. The van der Waals surface area contributed by atoms with Crippen molar-refractivity contribution in [2.24, 2.45) is 0 Å². The van der Waals surface area contributed by atoms with Crippen LogP contribution in [0, 0.1) is 5.82 Å². The highest BCUT2D eigenvalue weighted by Gasteiger charge is 2.33. The third kappa shape index (κ3) is 5.45. The van der Waals surface area contributed by atoms with Crippen molar-refractivity contribution < 1.29 is 23.5 Å². The number of fused-ring (bicyclic) bond motifs is 1. The predicted molar refractivity (Wildman–Crippen MR) is 131 cm³/mol. The van der Waals surface area contributed by atoms with E-state index in [9.17, 15) is 14.0 Å². The summed E-state index contributed by atoms with van der Waals surface area (Å²) in [6.45, 7) is 0.941. The molecule has 1 atom stereocenters. The molecular weight excluding hydrogens is 447 g/mol. The van der Waals surface area contributed by atoms with Gasteiger partial charge < -0.3 is 19.7 Å². The molecule has 7 heteroatoms. The number of methoxy groups -OCH3 is 2. The van der Waals surface area contributed by atoms with E-state index in [2.05, 4.69) is 5.32 Å². The summed E-state index contributed by atoms with van der Waals surface area (Å²) in [6, 6.07) is 19.1. The maximum atomic E-state index is 13.3. The van der Waals surface area contributed by atoms with Crippen LogP contribution in [-0.2, 0) is 11.2 Å². The number of hydrogen-bond acceptors (Lipinski definition) is 4. The van der Waals surface area contributed by atoms with Gasteiger partial charge in [0.05, 0.1) is 20.3 Å². The zero-order valence-corrected chi connectivity index (χ0v) is 19.9. The molecule has 1 aliphatic heterocycles. The van der Waals surface area contributed by atoms with Crippen LogP contribution < -0.4 is 14.8 Å². The fourth-order valence-corrected chi connectivity index (χ4v) is 4.50. The third-order valence-electron chi connectivity index (χ3n) is 6.27. The summed E-state index contributed by atoms with van der Waals surface area (Å²) in [5, 5.41) is 2.80. The molecule has 0 radical (unpaired) electrons. The number of amides is 2. The number of rotatable bonds is 8. The SMILES string of the molecule is COc1cc2c(cc1OC)C(c1ccccc1)N(C(=O)CCCNC(=O)c1ccc(F)cc1)CC2. The Morgan fingerprint density at radius 2 is 1.69 bits per heavy atom. The number of carbonyl (C=O) groups is 2. The van der Waals surface area contributed by atoms with Gasteiger partial charge in [-0.3, -0.25) is 9.59 Å². The summed E-state index contributed by atoms with van der Waals surface area (Å²) < 4.78 is 24.1. The normalized spacial score (nSPS) is 14.7. The zero-order chi connectivity index (χ0) is 24.8. The molecule has 0 saturated carbocycles. The molecular formula is C28H29FN2O4. The van der Waals surface area contributed by atoms with Crippen molar-refractivity contribution in [1.82, 2.24) is 10.2 Å². The quantitative estimate of drug-likeness (QED) is 0.485. The van der Waals surface area contributed by atoms with Crippen LogP contribution in [0.5, 0.6) is 11.5 Å². The number of nitrogens with zero attached hydrogens (tertiary/aromatic N) is 1. The van der Waals surface area contributed by atoms with Crippen molar-refractivity contribution in [2.75, 3.05) is 27.3 Å². The van der Waals surface area contributed by atoms with E-state index in [1.165, 1.54) is 24.3 Å². The van der Waals surface area contributed by atoms with Crippen LogP contribution in [0.3, 0.4) is 0 Å². The molecule has 3 aromatic rings. The van der Waals surface area contributed by atoms with Gasteiger partial charge in [0, 0.05) is 25.1 Å². The van der Waals surface area contributed by atoms with E-state index in [-0.39, 0.29) is 23.7 Å². The van der Waals surface area contributed by atoms with E-state index < -0.39 is 0 Å². The summed E-state index contributed by atoms with van der Waals surface area (Å²) in [7, 11) is 3.22. The highest BCUT2D eigenvalue weighted by Crippen LogP contribution is 2.41. The van der Waals surface area contributed by atoms with Gasteiger partial charge in [-0.25, -0.2) is 4.39 Å². The molecule has 0 bridgehead atoms. The Kier molecular flexibility index (Phi) is 7.65. The monoisotopic (exact) mass is 476 g/mol. The molecule has 0 spiro atoms. The van der Waals surface area contributed by atoms with E-state index in [4.69, 9.17) is 9.47 Å². The van der Waals surface area contributed by atoms with Gasteiger partial charge in [0.25, 0.3) is 5.91 Å². The number of ether oxygens (including phenoxy) is 2. The minimum Gasteiger partial charge on any atom is -0.493 e. The first-order valence-corrected chi connectivity index (χ1v) is 11.6. The molecule has 0 aliphatic carbocycles. The summed E-state index contributed by atoms with van der Waals surface area (Å²) in [4.78, 5) is 27.5. The van der Waals surface area contributed by atoms with Gasteiger partial charge in [0.1, 0.15) is 5.82 Å². The van der Waals surface area contributed by atoms with Crippen molar-refractivity contribution >= 4 is 11.8 Å². The van der Waals surface area contributed by atoms with Gasteiger partial charge in [0.2, 0.25) is 5.91 Å². The lowest BCUT2D eigenvalue weighted by Crippen LogP contribution is -2.41. The second-order valence-electron chi connectivity index (χ2n) is 8.42. The van der Waals surface area contributed by atoms with Crippen LogP contribution >= 0.6 is 0 Å². The molecule has 35 heavy (non-hydrogen) atoms. The van der Waals surface area contributed by atoms with Crippen molar-refractivity contribution in [3.05, 3.63) is 94.8 Å². The van der Waals surface area contributed by atoms with Crippen LogP contribution in [0.2, 0.25) is 0 Å². The highest BCUT2D eigenvalue weighted by molar-refractivity contribution is 5.94. The molecule has 1 heterocycles. The number of benzene rings is 3. The van der Waals surface area contributed by atoms with Gasteiger partial charge in [-0.1, -0.05) is 30.3 Å². The number of carbonyl (C=O) groups excluding carboxylic acids is 2.